The lowest BCUT2D eigenvalue weighted by molar-refractivity contribution is -0.113. The molecule has 146 valence electrons. The summed E-state index contributed by atoms with van der Waals surface area (Å²) in [6.07, 6.45) is 4.76. The SMILES string of the molecule is C=CCn1c(SCC(=O)Nc2nccs2)nnc1C(C)NC(=O)c1ccco1. The van der Waals surface area contributed by atoms with E-state index in [0.717, 1.165) is 0 Å². The first-order valence-electron chi connectivity index (χ1n) is 8.29. The zero-order valence-corrected chi connectivity index (χ0v) is 16.6. The van der Waals surface area contributed by atoms with Crippen LogP contribution >= 0.6 is 23.1 Å². The van der Waals surface area contributed by atoms with Gasteiger partial charge in [-0.25, -0.2) is 4.98 Å². The maximum absolute atomic E-state index is 12.2. The predicted octanol–water partition coefficient (Wildman–Crippen LogP) is 2.74. The summed E-state index contributed by atoms with van der Waals surface area (Å²) in [5.41, 5.74) is 0. The zero-order valence-electron chi connectivity index (χ0n) is 15.0. The van der Waals surface area contributed by atoms with E-state index in [9.17, 15) is 9.59 Å². The molecule has 0 aromatic carbocycles. The number of hydrogen-bond donors (Lipinski definition) is 2. The van der Waals surface area contributed by atoms with Crippen LogP contribution in [0.5, 0.6) is 0 Å². The number of carbonyl (C=O) groups excluding carboxylic acids is 2. The van der Waals surface area contributed by atoms with Crippen molar-refractivity contribution < 1.29 is 14.0 Å². The molecule has 11 heteroatoms. The Hall–Kier alpha value is -2.92. The van der Waals surface area contributed by atoms with Gasteiger partial charge in [-0.05, 0) is 19.1 Å². The van der Waals surface area contributed by atoms with Crippen molar-refractivity contribution >= 4 is 40.0 Å². The van der Waals surface area contributed by atoms with Crippen molar-refractivity contribution in [3.8, 4) is 0 Å². The van der Waals surface area contributed by atoms with Gasteiger partial charge in [0.1, 0.15) is 0 Å². The zero-order chi connectivity index (χ0) is 19.9. The number of anilines is 1. The van der Waals surface area contributed by atoms with Crippen LogP contribution in [0.15, 0.2) is 52.2 Å². The Morgan fingerprint density at radius 1 is 1.46 bits per heavy atom. The topological polar surface area (TPSA) is 115 Å². The fourth-order valence-corrected chi connectivity index (χ4v) is 3.64. The van der Waals surface area contributed by atoms with Gasteiger partial charge in [0.25, 0.3) is 5.91 Å². The molecule has 9 nitrogen and oxygen atoms in total. The number of thioether (sulfide) groups is 1. The Bertz CT molecular complexity index is 936. The number of aromatic nitrogens is 4. The average molecular weight is 419 g/mol. The van der Waals surface area contributed by atoms with Gasteiger partial charge in [-0.1, -0.05) is 17.8 Å². The molecule has 3 aromatic rings. The van der Waals surface area contributed by atoms with E-state index in [0.29, 0.717) is 22.7 Å². The number of nitrogens with zero attached hydrogens (tertiary/aromatic N) is 4. The van der Waals surface area contributed by atoms with Crippen molar-refractivity contribution in [3.63, 3.8) is 0 Å². The Morgan fingerprint density at radius 2 is 2.32 bits per heavy atom. The Labute approximate surface area is 169 Å². The molecule has 3 aromatic heterocycles. The summed E-state index contributed by atoms with van der Waals surface area (Å²) < 4.78 is 6.91. The van der Waals surface area contributed by atoms with Gasteiger partial charge in [0.05, 0.1) is 18.1 Å². The number of furan rings is 1. The predicted molar refractivity (Wildman–Crippen MR) is 106 cm³/mol. The van der Waals surface area contributed by atoms with E-state index in [1.54, 1.807) is 41.3 Å². The first kappa shape index (κ1) is 19.8. The minimum Gasteiger partial charge on any atom is -0.459 e. The summed E-state index contributed by atoms with van der Waals surface area (Å²) >= 11 is 2.60. The monoisotopic (exact) mass is 418 g/mol. The standard InChI is InChI=1S/C17H18N6O3S2/c1-3-7-23-14(11(2)19-15(25)12-5-4-8-26-12)21-22-17(23)28-10-13(24)20-16-18-6-9-27-16/h3-6,8-9,11H,1,7,10H2,2H3,(H,19,25)(H,18,20,24). The Morgan fingerprint density at radius 3 is 3.00 bits per heavy atom. The summed E-state index contributed by atoms with van der Waals surface area (Å²) in [4.78, 5) is 28.3. The van der Waals surface area contributed by atoms with Crippen LogP contribution in [-0.4, -0.2) is 37.3 Å². The van der Waals surface area contributed by atoms with E-state index < -0.39 is 6.04 Å². The summed E-state index contributed by atoms with van der Waals surface area (Å²) in [5.74, 6) is 0.399. The highest BCUT2D eigenvalue weighted by Gasteiger charge is 2.21. The fraction of sp³-hybridized carbons (Fsp3) is 0.235. The molecule has 0 saturated carbocycles. The van der Waals surface area contributed by atoms with Gasteiger partial charge in [0.15, 0.2) is 21.9 Å². The van der Waals surface area contributed by atoms with Crippen LogP contribution in [0, 0.1) is 0 Å². The molecular formula is C17H18N6O3S2. The third-order valence-corrected chi connectivity index (χ3v) is 5.20. The lowest BCUT2D eigenvalue weighted by Crippen LogP contribution is -2.28. The highest BCUT2D eigenvalue weighted by Crippen LogP contribution is 2.21. The van der Waals surface area contributed by atoms with Crippen molar-refractivity contribution in [3.05, 3.63) is 54.2 Å². The van der Waals surface area contributed by atoms with Crippen LogP contribution in [0.2, 0.25) is 0 Å². The first-order chi connectivity index (χ1) is 13.6. The van der Waals surface area contributed by atoms with Crippen LogP contribution in [0.1, 0.15) is 29.3 Å². The molecule has 0 radical (unpaired) electrons. The van der Waals surface area contributed by atoms with E-state index in [1.807, 2.05) is 0 Å². The number of allylic oxidation sites excluding steroid dienone is 1. The Balaban J connectivity index is 1.65. The van der Waals surface area contributed by atoms with Crippen LogP contribution in [-0.2, 0) is 11.3 Å². The lowest BCUT2D eigenvalue weighted by Gasteiger charge is -2.14. The quantitative estimate of drug-likeness (QED) is 0.405. The molecule has 2 N–H and O–H groups in total. The minimum atomic E-state index is -0.413. The van der Waals surface area contributed by atoms with Gasteiger partial charge < -0.3 is 19.6 Å². The van der Waals surface area contributed by atoms with Crippen LogP contribution in [0.4, 0.5) is 5.13 Å². The maximum atomic E-state index is 12.2. The van der Waals surface area contributed by atoms with Gasteiger partial charge in [0, 0.05) is 18.1 Å². The summed E-state index contributed by atoms with van der Waals surface area (Å²) in [6.45, 7) is 5.99. The van der Waals surface area contributed by atoms with Crippen LogP contribution in [0.25, 0.3) is 0 Å². The average Bonchev–Trinajstić information content (AvgIpc) is 3.42. The van der Waals surface area contributed by atoms with Crippen molar-refractivity contribution in [1.82, 2.24) is 25.1 Å². The second-order valence-electron chi connectivity index (χ2n) is 5.59. The number of amides is 2. The number of carbonyl (C=O) groups is 2. The van der Waals surface area contributed by atoms with Gasteiger partial charge in [0.2, 0.25) is 5.91 Å². The summed E-state index contributed by atoms with van der Waals surface area (Å²) in [5, 5.41) is 16.8. The summed E-state index contributed by atoms with van der Waals surface area (Å²) in [7, 11) is 0. The molecule has 28 heavy (non-hydrogen) atoms. The third-order valence-electron chi connectivity index (χ3n) is 3.55. The number of rotatable bonds is 9. The molecule has 0 fully saturated rings. The molecule has 1 unspecified atom stereocenters. The minimum absolute atomic E-state index is 0.155. The molecule has 0 aliphatic carbocycles. The molecule has 0 bridgehead atoms. The molecule has 0 aliphatic heterocycles. The van der Waals surface area contributed by atoms with Crippen LogP contribution < -0.4 is 10.6 Å². The van der Waals surface area contributed by atoms with Gasteiger partial charge in [-0.2, -0.15) is 0 Å². The molecule has 2 amide bonds. The van der Waals surface area contributed by atoms with E-state index in [1.165, 1.54) is 29.4 Å². The van der Waals surface area contributed by atoms with Gasteiger partial charge in [-0.15, -0.1) is 28.1 Å². The van der Waals surface area contributed by atoms with Crippen molar-refractivity contribution in [2.24, 2.45) is 0 Å². The van der Waals surface area contributed by atoms with E-state index in [4.69, 9.17) is 4.42 Å². The molecule has 3 rings (SSSR count). The number of thiazole rings is 1. The largest absolute Gasteiger partial charge is 0.459 e. The molecule has 0 aliphatic rings. The van der Waals surface area contributed by atoms with E-state index in [-0.39, 0.29) is 23.3 Å². The van der Waals surface area contributed by atoms with E-state index in [2.05, 4.69) is 32.4 Å². The first-order valence-corrected chi connectivity index (χ1v) is 10.2. The van der Waals surface area contributed by atoms with Crippen molar-refractivity contribution in [2.75, 3.05) is 11.1 Å². The third kappa shape index (κ3) is 4.87. The highest BCUT2D eigenvalue weighted by molar-refractivity contribution is 7.99. The normalized spacial score (nSPS) is 11.8. The molecule has 1 atom stereocenters. The Kier molecular flexibility index (Phi) is 6.61. The summed E-state index contributed by atoms with van der Waals surface area (Å²) in [6, 6.07) is 2.81. The van der Waals surface area contributed by atoms with Crippen molar-refractivity contribution in [2.45, 2.75) is 24.7 Å². The molecule has 3 heterocycles. The highest BCUT2D eigenvalue weighted by atomic mass is 32.2. The second kappa shape index (κ2) is 9.33. The lowest BCUT2D eigenvalue weighted by atomic mass is 10.3. The molecule has 0 spiro atoms. The fourth-order valence-electron chi connectivity index (χ4n) is 2.34. The van der Waals surface area contributed by atoms with E-state index >= 15 is 0 Å². The van der Waals surface area contributed by atoms with Gasteiger partial charge in [-0.3, -0.25) is 9.59 Å². The maximum Gasteiger partial charge on any atom is 0.287 e. The number of nitrogens with one attached hydrogen (secondary N) is 2. The number of hydrogen-bond acceptors (Lipinski definition) is 8. The smallest absolute Gasteiger partial charge is 0.287 e. The second-order valence-corrected chi connectivity index (χ2v) is 7.42. The molecule has 0 saturated heterocycles. The van der Waals surface area contributed by atoms with Gasteiger partial charge >= 0.3 is 0 Å². The van der Waals surface area contributed by atoms with Crippen LogP contribution in [0.3, 0.4) is 0 Å². The molecular weight excluding hydrogens is 400 g/mol. The van der Waals surface area contributed by atoms with Crippen molar-refractivity contribution in [1.29, 1.82) is 0 Å².